The van der Waals surface area contributed by atoms with Crippen LogP contribution in [0.1, 0.15) is 12.8 Å². The Labute approximate surface area is 193 Å². The minimum absolute atomic E-state index is 0. The van der Waals surface area contributed by atoms with Crippen LogP contribution in [0.25, 0.3) is 27.6 Å². The molecule has 0 saturated carbocycles. The lowest BCUT2D eigenvalue weighted by Gasteiger charge is -2.31. The van der Waals surface area contributed by atoms with Gasteiger partial charge in [-0.15, -0.1) is 11.3 Å². The van der Waals surface area contributed by atoms with Crippen LogP contribution in [0.5, 0.6) is 5.75 Å². The van der Waals surface area contributed by atoms with E-state index in [2.05, 4.69) is 20.9 Å². The maximum absolute atomic E-state index is 9.96. The smallest absolute Gasteiger partial charge is 0.223 e. The lowest BCUT2D eigenvalue weighted by Crippen LogP contribution is -2.38. The molecule has 3 aromatic heterocycles. The molecule has 1 aliphatic rings. The van der Waals surface area contributed by atoms with Gasteiger partial charge < -0.3 is 21.4 Å². The van der Waals surface area contributed by atoms with E-state index in [-0.39, 0.29) is 16.7 Å². The second-order valence-electron chi connectivity index (χ2n) is 7.23. The summed E-state index contributed by atoms with van der Waals surface area (Å²) in [7, 11) is 0. The molecule has 1 aromatic carbocycles. The molecule has 4 heterocycles. The third-order valence-electron chi connectivity index (χ3n) is 5.26. The van der Waals surface area contributed by atoms with Gasteiger partial charge in [-0.1, -0.05) is 24.1 Å². The molecule has 4 aromatic rings. The van der Waals surface area contributed by atoms with Crippen molar-refractivity contribution in [2.75, 3.05) is 24.7 Å². The largest absolute Gasteiger partial charge is 0.508 e. The first-order valence-corrected chi connectivity index (χ1v) is 11.9. The van der Waals surface area contributed by atoms with Gasteiger partial charge in [0.2, 0.25) is 5.95 Å². The molecule has 0 spiro atoms. The zero-order chi connectivity index (χ0) is 20.5. The van der Waals surface area contributed by atoms with Gasteiger partial charge in [0.1, 0.15) is 11.4 Å². The number of imidazole rings is 1. The quantitative estimate of drug-likeness (QED) is 0.424. The van der Waals surface area contributed by atoms with Crippen LogP contribution in [0.2, 0.25) is 0 Å². The lowest BCUT2D eigenvalue weighted by molar-refractivity contribution is 0.356. The Balaban J connectivity index is 0.00000144. The first-order valence-electron chi connectivity index (χ1n) is 9.85. The number of aromatic nitrogens is 4. The minimum atomic E-state index is 0. The van der Waals surface area contributed by atoms with Crippen molar-refractivity contribution >= 4 is 34.2 Å². The number of aromatic hydroxyl groups is 1. The predicted molar refractivity (Wildman–Crippen MR) is 130 cm³/mol. The number of nitrogens with zero attached hydrogens (tertiary/aromatic N) is 5. The molecule has 0 radical (unpaired) electrons. The lowest BCUT2D eigenvalue weighted by atomic mass is 10.1. The van der Waals surface area contributed by atoms with Gasteiger partial charge in [0, 0.05) is 42.5 Å². The van der Waals surface area contributed by atoms with E-state index in [1.54, 1.807) is 41.6 Å². The van der Waals surface area contributed by atoms with Crippen molar-refractivity contribution in [2.24, 2.45) is 0 Å². The molecule has 32 heavy (non-hydrogen) atoms. The molecular formula is C21H26N6O3S2. The van der Waals surface area contributed by atoms with Gasteiger partial charge in [-0.25, -0.2) is 19.3 Å². The highest BCUT2D eigenvalue weighted by Crippen LogP contribution is 2.34. The number of fused-ring (bicyclic) bond motifs is 1. The summed E-state index contributed by atoms with van der Waals surface area (Å²) in [4.78, 5) is 15.0. The maximum Gasteiger partial charge on any atom is 0.223 e. The summed E-state index contributed by atoms with van der Waals surface area (Å²) < 4.78 is 4.42. The molecule has 1 saturated heterocycles. The van der Waals surface area contributed by atoms with E-state index in [0.717, 1.165) is 53.5 Å². The zero-order valence-corrected chi connectivity index (χ0v) is 19.2. The molecule has 1 fully saturated rings. The molecule has 6 N–H and O–H groups in total. The normalized spacial score (nSPS) is 16.3. The predicted octanol–water partition coefficient (Wildman–Crippen LogP) is 2.73. The molecule has 170 valence electrons. The zero-order valence-electron chi connectivity index (χ0n) is 17.5. The molecule has 1 aliphatic heterocycles. The Kier molecular flexibility index (Phi) is 7.69. The Hall–Kier alpha value is -2.70. The van der Waals surface area contributed by atoms with Crippen LogP contribution >= 0.6 is 23.3 Å². The van der Waals surface area contributed by atoms with Crippen molar-refractivity contribution in [2.45, 2.75) is 18.9 Å². The summed E-state index contributed by atoms with van der Waals surface area (Å²) in [5, 5.41) is 15.5. The number of anilines is 1. The van der Waals surface area contributed by atoms with Crippen LogP contribution in [0, 0.1) is 0 Å². The third kappa shape index (κ3) is 4.71. The molecule has 5 rings (SSSR count). The number of rotatable bonds is 5. The SMILES string of the molecule is CSN1CCC[C@@H](Nc2nccc(-c3c(-c4cccc(O)c4)nc4sccn34)n2)C1.O.O. The number of benzene rings is 1. The van der Waals surface area contributed by atoms with E-state index in [1.165, 1.54) is 0 Å². The van der Waals surface area contributed by atoms with Crippen molar-refractivity contribution in [3.8, 4) is 28.4 Å². The van der Waals surface area contributed by atoms with E-state index in [4.69, 9.17) is 9.97 Å². The van der Waals surface area contributed by atoms with Crippen molar-refractivity contribution in [1.82, 2.24) is 23.7 Å². The number of hydrogen-bond donors (Lipinski definition) is 2. The first-order chi connectivity index (χ1) is 14.7. The summed E-state index contributed by atoms with van der Waals surface area (Å²) in [5.74, 6) is 0.850. The highest BCUT2D eigenvalue weighted by molar-refractivity contribution is 7.96. The second kappa shape index (κ2) is 10.3. The van der Waals surface area contributed by atoms with E-state index >= 15 is 0 Å². The van der Waals surface area contributed by atoms with Crippen molar-refractivity contribution in [3.05, 3.63) is 48.1 Å². The van der Waals surface area contributed by atoms with Crippen molar-refractivity contribution in [3.63, 3.8) is 0 Å². The highest BCUT2D eigenvalue weighted by atomic mass is 32.2. The summed E-state index contributed by atoms with van der Waals surface area (Å²) in [6, 6.07) is 9.42. The van der Waals surface area contributed by atoms with Crippen molar-refractivity contribution in [1.29, 1.82) is 0 Å². The van der Waals surface area contributed by atoms with E-state index < -0.39 is 0 Å². The van der Waals surface area contributed by atoms with Gasteiger partial charge in [0.05, 0.1) is 11.4 Å². The van der Waals surface area contributed by atoms with Gasteiger partial charge in [0.15, 0.2) is 4.96 Å². The van der Waals surface area contributed by atoms with Gasteiger partial charge in [-0.3, -0.25) is 4.40 Å². The van der Waals surface area contributed by atoms with E-state index in [9.17, 15) is 5.11 Å². The standard InChI is InChI=1S/C21H22N6OS2.2H2O/c1-29-26-9-3-5-15(13-26)23-20-22-8-7-17(24-20)19-18(14-4-2-6-16(28)12-14)25-21-27(19)10-11-30-21;;/h2,4,6-8,10-12,15,28H,3,5,9,13H2,1H3,(H,22,23,24);2*1H2/t15-;;/m1../s1. The molecular weight excluding hydrogens is 448 g/mol. The van der Waals surface area contributed by atoms with Gasteiger partial charge in [-0.2, -0.15) is 0 Å². The molecule has 0 amide bonds. The molecule has 9 nitrogen and oxygen atoms in total. The monoisotopic (exact) mass is 474 g/mol. The summed E-state index contributed by atoms with van der Waals surface area (Å²) >= 11 is 3.36. The topological polar surface area (TPSA) is 142 Å². The van der Waals surface area contributed by atoms with Crippen LogP contribution in [-0.2, 0) is 0 Å². The van der Waals surface area contributed by atoms with Crippen LogP contribution < -0.4 is 5.32 Å². The van der Waals surface area contributed by atoms with Crippen LogP contribution in [0.4, 0.5) is 5.95 Å². The molecule has 11 heteroatoms. The Morgan fingerprint density at radius 3 is 2.91 bits per heavy atom. The summed E-state index contributed by atoms with van der Waals surface area (Å²) in [6.45, 7) is 2.10. The van der Waals surface area contributed by atoms with Crippen molar-refractivity contribution < 1.29 is 16.1 Å². The average molecular weight is 475 g/mol. The Morgan fingerprint density at radius 1 is 1.22 bits per heavy atom. The highest BCUT2D eigenvalue weighted by Gasteiger charge is 2.22. The third-order valence-corrected chi connectivity index (χ3v) is 6.86. The van der Waals surface area contributed by atoms with Gasteiger partial charge >= 0.3 is 0 Å². The molecule has 0 aliphatic carbocycles. The minimum Gasteiger partial charge on any atom is -0.508 e. The average Bonchev–Trinajstić information content (AvgIpc) is 3.35. The number of piperidine rings is 1. The number of thiazole rings is 1. The van der Waals surface area contributed by atoms with Crippen LogP contribution in [0.3, 0.4) is 0 Å². The summed E-state index contributed by atoms with van der Waals surface area (Å²) in [6.07, 6.45) is 8.19. The fourth-order valence-corrected chi connectivity index (χ4v) is 5.21. The Bertz CT molecular complexity index is 1180. The van der Waals surface area contributed by atoms with Crippen LogP contribution in [-0.4, -0.2) is 65.1 Å². The first kappa shape index (κ1) is 24.0. The molecule has 0 unspecified atom stereocenters. The number of nitrogens with one attached hydrogen (secondary N) is 1. The van der Waals surface area contributed by atoms with Gasteiger partial charge in [-0.05, 0) is 37.3 Å². The van der Waals surface area contributed by atoms with Crippen LogP contribution in [0.15, 0.2) is 48.1 Å². The molecule has 1 atom stereocenters. The Morgan fingerprint density at radius 2 is 2.09 bits per heavy atom. The van der Waals surface area contributed by atoms with Gasteiger partial charge in [0.25, 0.3) is 0 Å². The molecule has 0 bridgehead atoms. The maximum atomic E-state index is 9.96. The number of phenolic OH excluding ortho intramolecular Hbond substituents is 1. The van der Waals surface area contributed by atoms with E-state index in [1.807, 2.05) is 34.2 Å². The fraction of sp³-hybridized carbons (Fsp3) is 0.286. The number of phenols is 1. The number of hydrogen-bond acceptors (Lipinski definition) is 8. The summed E-state index contributed by atoms with van der Waals surface area (Å²) in [5.41, 5.74) is 3.36. The van der Waals surface area contributed by atoms with E-state index in [0.29, 0.717) is 12.0 Å². The second-order valence-corrected chi connectivity index (χ2v) is 8.99. The fourth-order valence-electron chi connectivity index (χ4n) is 3.85.